The number of pyridine rings is 1. The summed E-state index contributed by atoms with van der Waals surface area (Å²) in [6.07, 6.45) is 3.09. The molecule has 0 bridgehead atoms. The number of carbonyl (C=O) groups excluding carboxylic acids is 1. The maximum absolute atomic E-state index is 13.7. The Labute approximate surface area is 157 Å². The maximum atomic E-state index is 13.7. The van der Waals surface area contributed by atoms with E-state index >= 15 is 0 Å². The SMILES string of the molecule is COc1ccc(C)cc1Nc1cncc(C(=O)NCc2ccccc2F)c1. The molecule has 1 heterocycles. The largest absolute Gasteiger partial charge is 0.495 e. The van der Waals surface area contributed by atoms with E-state index in [-0.39, 0.29) is 18.3 Å². The highest BCUT2D eigenvalue weighted by molar-refractivity contribution is 5.94. The number of benzene rings is 2. The molecule has 27 heavy (non-hydrogen) atoms. The molecule has 5 nitrogen and oxygen atoms in total. The van der Waals surface area contributed by atoms with Gasteiger partial charge in [-0.1, -0.05) is 24.3 Å². The van der Waals surface area contributed by atoms with Crippen LogP contribution in [0.3, 0.4) is 0 Å². The first-order valence-corrected chi connectivity index (χ1v) is 8.45. The van der Waals surface area contributed by atoms with Crippen LogP contribution < -0.4 is 15.4 Å². The molecule has 0 fully saturated rings. The van der Waals surface area contributed by atoms with Gasteiger partial charge < -0.3 is 15.4 Å². The van der Waals surface area contributed by atoms with Crippen molar-refractivity contribution in [3.8, 4) is 5.75 Å². The number of hydrogen-bond acceptors (Lipinski definition) is 4. The first-order valence-electron chi connectivity index (χ1n) is 8.45. The highest BCUT2D eigenvalue weighted by Gasteiger charge is 2.10. The Kier molecular flexibility index (Phi) is 5.66. The Bertz CT molecular complexity index is 960. The van der Waals surface area contributed by atoms with Gasteiger partial charge in [0.25, 0.3) is 5.91 Å². The lowest BCUT2D eigenvalue weighted by atomic mass is 10.2. The van der Waals surface area contributed by atoms with Gasteiger partial charge in [0.2, 0.25) is 0 Å². The number of rotatable bonds is 6. The van der Waals surface area contributed by atoms with Crippen LogP contribution in [-0.4, -0.2) is 18.0 Å². The molecule has 2 N–H and O–H groups in total. The van der Waals surface area contributed by atoms with Gasteiger partial charge in [0.15, 0.2) is 0 Å². The predicted octanol–water partition coefficient (Wildman–Crippen LogP) is 4.21. The molecule has 2 aromatic carbocycles. The van der Waals surface area contributed by atoms with E-state index in [1.54, 1.807) is 37.6 Å². The predicted molar refractivity (Wildman–Crippen MR) is 103 cm³/mol. The molecule has 0 saturated carbocycles. The van der Waals surface area contributed by atoms with Gasteiger partial charge in [-0.25, -0.2) is 4.39 Å². The van der Waals surface area contributed by atoms with Crippen LogP contribution in [0.1, 0.15) is 21.5 Å². The van der Waals surface area contributed by atoms with E-state index < -0.39 is 0 Å². The van der Waals surface area contributed by atoms with Gasteiger partial charge in [0.05, 0.1) is 30.2 Å². The fourth-order valence-electron chi connectivity index (χ4n) is 2.63. The Morgan fingerprint density at radius 2 is 1.96 bits per heavy atom. The molecule has 138 valence electrons. The van der Waals surface area contributed by atoms with Gasteiger partial charge in [-0.3, -0.25) is 9.78 Å². The lowest BCUT2D eigenvalue weighted by Crippen LogP contribution is -2.23. The van der Waals surface area contributed by atoms with Gasteiger partial charge >= 0.3 is 0 Å². The molecule has 0 saturated heterocycles. The Morgan fingerprint density at radius 3 is 2.74 bits per heavy atom. The van der Waals surface area contributed by atoms with Crippen molar-refractivity contribution in [2.24, 2.45) is 0 Å². The smallest absolute Gasteiger partial charge is 0.253 e. The molecule has 0 aliphatic heterocycles. The van der Waals surface area contributed by atoms with E-state index in [1.807, 2.05) is 25.1 Å². The summed E-state index contributed by atoms with van der Waals surface area (Å²) in [4.78, 5) is 16.5. The fourth-order valence-corrected chi connectivity index (χ4v) is 2.63. The van der Waals surface area contributed by atoms with Gasteiger partial charge in [0.1, 0.15) is 11.6 Å². The number of ether oxygens (including phenoxy) is 1. The lowest BCUT2D eigenvalue weighted by Gasteiger charge is -2.12. The molecule has 0 atom stereocenters. The molecule has 3 aromatic rings. The Balaban J connectivity index is 1.73. The number of halogens is 1. The number of nitrogens with zero attached hydrogens (tertiary/aromatic N) is 1. The van der Waals surface area contributed by atoms with Crippen molar-refractivity contribution in [1.29, 1.82) is 0 Å². The molecular formula is C21H20FN3O2. The summed E-state index contributed by atoms with van der Waals surface area (Å²) in [5.41, 5.74) is 3.31. The summed E-state index contributed by atoms with van der Waals surface area (Å²) >= 11 is 0. The topological polar surface area (TPSA) is 63.2 Å². The minimum atomic E-state index is -0.349. The van der Waals surface area contributed by atoms with Crippen LogP contribution in [0.5, 0.6) is 5.75 Å². The minimum absolute atomic E-state index is 0.106. The number of anilines is 2. The summed E-state index contributed by atoms with van der Waals surface area (Å²) < 4.78 is 19.0. The van der Waals surface area contributed by atoms with Crippen molar-refractivity contribution in [3.05, 3.63) is 83.4 Å². The Hall–Kier alpha value is -3.41. The summed E-state index contributed by atoms with van der Waals surface area (Å²) in [5, 5.41) is 5.92. The van der Waals surface area contributed by atoms with Crippen molar-refractivity contribution in [3.63, 3.8) is 0 Å². The van der Waals surface area contributed by atoms with Crippen LogP contribution in [0.2, 0.25) is 0 Å². The van der Waals surface area contributed by atoms with Crippen LogP contribution in [0.25, 0.3) is 0 Å². The van der Waals surface area contributed by atoms with E-state index in [4.69, 9.17) is 4.74 Å². The number of hydrogen-bond donors (Lipinski definition) is 2. The third-order valence-electron chi connectivity index (χ3n) is 4.03. The van der Waals surface area contributed by atoms with Crippen LogP contribution in [0.4, 0.5) is 15.8 Å². The maximum Gasteiger partial charge on any atom is 0.253 e. The zero-order valence-electron chi connectivity index (χ0n) is 15.1. The fraction of sp³-hybridized carbons (Fsp3) is 0.143. The van der Waals surface area contributed by atoms with Gasteiger partial charge in [-0.15, -0.1) is 0 Å². The summed E-state index contributed by atoms with van der Waals surface area (Å²) in [6, 6.07) is 13.8. The third kappa shape index (κ3) is 4.61. The Morgan fingerprint density at radius 1 is 1.15 bits per heavy atom. The van der Waals surface area contributed by atoms with Crippen molar-refractivity contribution >= 4 is 17.3 Å². The molecular weight excluding hydrogens is 345 g/mol. The monoisotopic (exact) mass is 365 g/mol. The molecule has 0 spiro atoms. The molecule has 6 heteroatoms. The van der Waals surface area contributed by atoms with Crippen molar-refractivity contribution < 1.29 is 13.9 Å². The molecule has 0 radical (unpaired) electrons. The highest BCUT2D eigenvalue weighted by atomic mass is 19.1. The number of carbonyl (C=O) groups is 1. The quantitative estimate of drug-likeness (QED) is 0.687. The number of methoxy groups -OCH3 is 1. The van der Waals surface area contributed by atoms with E-state index in [9.17, 15) is 9.18 Å². The summed E-state index contributed by atoms with van der Waals surface area (Å²) in [7, 11) is 1.60. The van der Waals surface area contributed by atoms with Crippen molar-refractivity contribution in [2.75, 3.05) is 12.4 Å². The second kappa shape index (κ2) is 8.31. The molecule has 0 unspecified atom stereocenters. The normalized spacial score (nSPS) is 10.3. The molecule has 1 aromatic heterocycles. The van der Waals surface area contributed by atoms with Gasteiger partial charge in [0, 0.05) is 18.3 Å². The van der Waals surface area contributed by atoms with E-state index in [0.29, 0.717) is 22.6 Å². The van der Waals surface area contributed by atoms with Gasteiger partial charge in [-0.2, -0.15) is 0 Å². The van der Waals surface area contributed by atoms with E-state index in [0.717, 1.165) is 11.3 Å². The number of aromatic nitrogens is 1. The second-order valence-corrected chi connectivity index (χ2v) is 6.07. The first kappa shape index (κ1) is 18.4. The molecule has 1 amide bonds. The third-order valence-corrected chi connectivity index (χ3v) is 4.03. The zero-order chi connectivity index (χ0) is 19.2. The average Bonchev–Trinajstić information content (AvgIpc) is 2.67. The molecule has 3 rings (SSSR count). The summed E-state index contributed by atoms with van der Waals surface area (Å²) in [5.74, 6) is 0.0125. The van der Waals surface area contributed by atoms with Crippen LogP contribution in [0.15, 0.2) is 60.9 Å². The highest BCUT2D eigenvalue weighted by Crippen LogP contribution is 2.28. The van der Waals surface area contributed by atoms with E-state index in [1.165, 1.54) is 12.3 Å². The van der Waals surface area contributed by atoms with Crippen molar-refractivity contribution in [1.82, 2.24) is 10.3 Å². The lowest BCUT2D eigenvalue weighted by molar-refractivity contribution is 0.0950. The second-order valence-electron chi connectivity index (χ2n) is 6.07. The van der Waals surface area contributed by atoms with Crippen LogP contribution in [-0.2, 0) is 6.54 Å². The number of amides is 1. The van der Waals surface area contributed by atoms with Gasteiger partial charge in [-0.05, 0) is 36.8 Å². The summed E-state index contributed by atoms with van der Waals surface area (Å²) in [6.45, 7) is 2.09. The zero-order valence-corrected chi connectivity index (χ0v) is 15.1. The first-order chi connectivity index (χ1) is 13.1. The van der Waals surface area contributed by atoms with Crippen LogP contribution >= 0.6 is 0 Å². The minimum Gasteiger partial charge on any atom is -0.495 e. The standard InChI is InChI=1S/C21H20FN3O2/c1-14-7-8-20(27-2)19(9-14)25-17-10-16(11-23-13-17)21(26)24-12-15-5-3-4-6-18(15)22/h3-11,13,25H,12H2,1-2H3,(H,24,26). The van der Waals surface area contributed by atoms with Crippen molar-refractivity contribution in [2.45, 2.75) is 13.5 Å². The average molecular weight is 365 g/mol. The number of aryl methyl sites for hydroxylation is 1. The molecule has 0 aliphatic rings. The van der Waals surface area contributed by atoms with E-state index in [2.05, 4.69) is 15.6 Å². The number of nitrogens with one attached hydrogen (secondary N) is 2. The van der Waals surface area contributed by atoms with Crippen LogP contribution in [0, 0.1) is 12.7 Å². The molecule has 0 aliphatic carbocycles.